The predicted molar refractivity (Wildman–Crippen MR) is 84.2 cm³/mol. The van der Waals surface area contributed by atoms with E-state index >= 15 is 0 Å². The maximum atomic E-state index is 6.07. The van der Waals surface area contributed by atoms with Crippen LogP contribution in [0.5, 0.6) is 0 Å². The fourth-order valence-corrected chi connectivity index (χ4v) is 2.94. The molecule has 2 rings (SSSR count). The van der Waals surface area contributed by atoms with Crippen LogP contribution < -0.4 is 5.32 Å². The summed E-state index contributed by atoms with van der Waals surface area (Å²) >= 11 is 0. The Bertz CT molecular complexity index is 418. The molecular formula is C16H30N4O. The highest BCUT2D eigenvalue weighted by Gasteiger charge is 2.30. The lowest BCUT2D eigenvalue weighted by Gasteiger charge is -2.25. The fraction of sp³-hybridized carbons (Fsp3) is 0.875. The maximum absolute atomic E-state index is 6.07. The molecule has 3 unspecified atom stereocenters. The SMILES string of the molecule is CCCNC(Cc1ncnn1CC(C)C)C1CCC(C)O1. The molecule has 0 aromatic carbocycles. The monoisotopic (exact) mass is 294 g/mol. The van der Waals surface area contributed by atoms with Crippen LogP contribution in [0.15, 0.2) is 6.33 Å². The minimum atomic E-state index is 0.302. The standard InChI is InChI=1S/C16H30N4O/c1-5-8-17-14(15-7-6-13(4)21-15)9-16-18-11-19-20(16)10-12(2)3/h11-15,17H,5-10H2,1-4H3. The van der Waals surface area contributed by atoms with Crippen LogP contribution in [0.4, 0.5) is 0 Å². The van der Waals surface area contributed by atoms with Crippen LogP contribution in [0, 0.1) is 5.92 Å². The molecule has 0 aliphatic carbocycles. The van der Waals surface area contributed by atoms with Gasteiger partial charge in [0.05, 0.1) is 12.2 Å². The number of nitrogens with zero attached hydrogens (tertiary/aromatic N) is 3. The van der Waals surface area contributed by atoms with E-state index in [1.807, 2.05) is 4.68 Å². The van der Waals surface area contributed by atoms with Crippen LogP contribution in [0.1, 0.15) is 52.8 Å². The molecule has 3 atom stereocenters. The van der Waals surface area contributed by atoms with Gasteiger partial charge in [-0.3, -0.25) is 0 Å². The van der Waals surface area contributed by atoms with Crippen molar-refractivity contribution in [3.8, 4) is 0 Å². The average Bonchev–Trinajstić information content (AvgIpc) is 3.03. The topological polar surface area (TPSA) is 52.0 Å². The molecule has 21 heavy (non-hydrogen) atoms. The third-order valence-electron chi connectivity index (χ3n) is 4.01. The van der Waals surface area contributed by atoms with Gasteiger partial charge in [0, 0.05) is 19.0 Å². The zero-order valence-electron chi connectivity index (χ0n) is 13.9. The van der Waals surface area contributed by atoms with E-state index in [4.69, 9.17) is 4.74 Å². The smallest absolute Gasteiger partial charge is 0.138 e. The number of ether oxygens (including phenoxy) is 1. The van der Waals surface area contributed by atoms with Crippen molar-refractivity contribution < 1.29 is 4.74 Å². The lowest BCUT2D eigenvalue weighted by molar-refractivity contribution is 0.0314. The molecule has 5 nitrogen and oxygen atoms in total. The molecule has 1 N–H and O–H groups in total. The van der Waals surface area contributed by atoms with E-state index in [2.05, 4.69) is 43.1 Å². The Morgan fingerprint density at radius 1 is 1.43 bits per heavy atom. The average molecular weight is 294 g/mol. The zero-order valence-corrected chi connectivity index (χ0v) is 13.9. The van der Waals surface area contributed by atoms with Gasteiger partial charge in [-0.15, -0.1) is 0 Å². The summed E-state index contributed by atoms with van der Waals surface area (Å²) in [6.07, 6.45) is 6.69. The molecule has 0 radical (unpaired) electrons. The van der Waals surface area contributed by atoms with E-state index in [1.165, 1.54) is 0 Å². The Labute approximate surface area is 128 Å². The van der Waals surface area contributed by atoms with Gasteiger partial charge in [0.2, 0.25) is 0 Å². The van der Waals surface area contributed by atoms with Gasteiger partial charge in [-0.1, -0.05) is 20.8 Å². The second-order valence-corrected chi connectivity index (χ2v) is 6.58. The van der Waals surface area contributed by atoms with Gasteiger partial charge < -0.3 is 10.1 Å². The molecular weight excluding hydrogens is 264 g/mol. The van der Waals surface area contributed by atoms with Gasteiger partial charge in [-0.05, 0) is 38.6 Å². The Hall–Kier alpha value is -0.940. The highest BCUT2D eigenvalue weighted by molar-refractivity contribution is 4.94. The van der Waals surface area contributed by atoms with Gasteiger partial charge in [-0.25, -0.2) is 9.67 Å². The second kappa shape index (κ2) is 7.90. The number of hydrogen-bond acceptors (Lipinski definition) is 4. The van der Waals surface area contributed by atoms with Crippen LogP contribution in [0.3, 0.4) is 0 Å². The summed E-state index contributed by atoms with van der Waals surface area (Å²) in [5, 5.41) is 8.01. The van der Waals surface area contributed by atoms with Crippen molar-refractivity contribution in [1.29, 1.82) is 0 Å². The molecule has 1 aliphatic rings. The largest absolute Gasteiger partial charge is 0.374 e. The molecule has 0 saturated carbocycles. The summed E-state index contributed by atoms with van der Waals surface area (Å²) in [6.45, 7) is 10.7. The first kappa shape index (κ1) is 16.4. The summed E-state index contributed by atoms with van der Waals surface area (Å²) in [5.41, 5.74) is 0. The third kappa shape index (κ3) is 4.78. The number of rotatable bonds is 8. The Kier molecular flexibility index (Phi) is 6.18. The molecule has 0 bridgehead atoms. The van der Waals surface area contributed by atoms with E-state index in [0.29, 0.717) is 24.2 Å². The van der Waals surface area contributed by atoms with Gasteiger partial charge in [-0.2, -0.15) is 5.10 Å². The van der Waals surface area contributed by atoms with Crippen LogP contribution in [-0.4, -0.2) is 39.6 Å². The van der Waals surface area contributed by atoms with Crippen molar-refractivity contribution in [3.63, 3.8) is 0 Å². The van der Waals surface area contributed by atoms with Crippen molar-refractivity contribution in [2.24, 2.45) is 5.92 Å². The number of nitrogens with one attached hydrogen (secondary N) is 1. The van der Waals surface area contributed by atoms with Crippen molar-refractivity contribution in [3.05, 3.63) is 12.2 Å². The summed E-state index contributed by atoms with van der Waals surface area (Å²) < 4.78 is 8.12. The van der Waals surface area contributed by atoms with Gasteiger partial charge in [0.15, 0.2) is 0 Å². The molecule has 5 heteroatoms. The Balaban J connectivity index is 2.02. The van der Waals surface area contributed by atoms with E-state index in [9.17, 15) is 0 Å². The van der Waals surface area contributed by atoms with E-state index in [0.717, 1.165) is 44.6 Å². The number of aromatic nitrogens is 3. The predicted octanol–water partition coefficient (Wildman–Crippen LogP) is 2.41. The molecule has 120 valence electrons. The first-order valence-corrected chi connectivity index (χ1v) is 8.35. The third-order valence-corrected chi connectivity index (χ3v) is 4.01. The molecule has 1 aliphatic heterocycles. The van der Waals surface area contributed by atoms with E-state index in [1.54, 1.807) is 6.33 Å². The highest BCUT2D eigenvalue weighted by Crippen LogP contribution is 2.23. The summed E-state index contributed by atoms with van der Waals surface area (Å²) in [4.78, 5) is 4.46. The fourth-order valence-electron chi connectivity index (χ4n) is 2.94. The first-order chi connectivity index (χ1) is 10.1. The molecule has 1 aromatic rings. The molecule has 0 spiro atoms. The maximum Gasteiger partial charge on any atom is 0.138 e. The summed E-state index contributed by atoms with van der Waals surface area (Å²) in [7, 11) is 0. The van der Waals surface area contributed by atoms with Crippen LogP contribution >= 0.6 is 0 Å². The summed E-state index contributed by atoms with van der Waals surface area (Å²) in [6, 6.07) is 0.338. The quantitative estimate of drug-likeness (QED) is 0.800. The van der Waals surface area contributed by atoms with E-state index in [-0.39, 0.29) is 0 Å². The van der Waals surface area contributed by atoms with Crippen molar-refractivity contribution in [2.45, 2.75) is 78.2 Å². The van der Waals surface area contributed by atoms with Gasteiger partial charge >= 0.3 is 0 Å². The normalized spacial score (nSPS) is 23.9. The van der Waals surface area contributed by atoms with E-state index < -0.39 is 0 Å². The van der Waals surface area contributed by atoms with Crippen molar-refractivity contribution >= 4 is 0 Å². The minimum absolute atomic E-state index is 0.302. The molecule has 1 aromatic heterocycles. The highest BCUT2D eigenvalue weighted by atomic mass is 16.5. The van der Waals surface area contributed by atoms with Crippen molar-refractivity contribution in [2.75, 3.05) is 6.54 Å². The lowest BCUT2D eigenvalue weighted by Crippen LogP contribution is -2.42. The second-order valence-electron chi connectivity index (χ2n) is 6.58. The summed E-state index contributed by atoms with van der Waals surface area (Å²) in [5.74, 6) is 1.65. The molecule has 2 heterocycles. The molecule has 1 fully saturated rings. The lowest BCUT2D eigenvalue weighted by atomic mass is 10.0. The van der Waals surface area contributed by atoms with Crippen LogP contribution in [0.2, 0.25) is 0 Å². The Morgan fingerprint density at radius 2 is 2.24 bits per heavy atom. The van der Waals surface area contributed by atoms with Gasteiger partial charge in [0.1, 0.15) is 12.2 Å². The minimum Gasteiger partial charge on any atom is -0.374 e. The van der Waals surface area contributed by atoms with Crippen LogP contribution in [0.25, 0.3) is 0 Å². The van der Waals surface area contributed by atoms with Gasteiger partial charge in [0.25, 0.3) is 0 Å². The van der Waals surface area contributed by atoms with Crippen LogP contribution in [-0.2, 0) is 17.7 Å². The van der Waals surface area contributed by atoms with Crippen molar-refractivity contribution in [1.82, 2.24) is 20.1 Å². The first-order valence-electron chi connectivity index (χ1n) is 8.35. The molecule has 1 saturated heterocycles. The Morgan fingerprint density at radius 3 is 2.86 bits per heavy atom. The zero-order chi connectivity index (χ0) is 15.2. The molecule has 0 amide bonds. The number of hydrogen-bond donors (Lipinski definition) is 1.